The highest BCUT2D eigenvalue weighted by Crippen LogP contribution is 2.32. The Bertz CT molecular complexity index is 691. The Kier molecular flexibility index (Phi) is 9.49. The fourth-order valence-electron chi connectivity index (χ4n) is 2.74. The van der Waals surface area contributed by atoms with Crippen molar-refractivity contribution < 1.29 is 27.2 Å². The molecule has 1 N–H and O–H groups in total. The molecule has 0 saturated heterocycles. The van der Waals surface area contributed by atoms with Gasteiger partial charge in [-0.2, -0.15) is 8.42 Å². The number of methoxy groups -OCH3 is 1. The Morgan fingerprint density at radius 1 is 1.31 bits per heavy atom. The Hall–Kier alpha value is -0.710. The number of hydrogen-bond acceptors (Lipinski definition) is 6. The highest BCUT2D eigenvalue weighted by molar-refractivity contribution is 14.1. The molecule has 2 atom stereocenters. The van der Waals surface area contributed by atoms with Crippen LogP contribution in [-0.2, 0) is 29.2 Å². The molecule has 0 aliphatic rings. The van der Waals surface area contributed by atoms with Crippen molar-refractivity contribution in [3.8, 4) is 0 Å². The number of halogens is 1. The van der Waals surface area contributed by atoms with Crippen LogP contribution in [0.15, 0.2) is 24.3 Å². The first-order valence-corrected chi connectivity index (χ1v) is 11.3. The number of aliphatic hydroxyl groups is 1. The Balaban J connectivity index is 2.52. The molecule has 8 heteroatoms. The summed E-state index contributed by atoms with van der Waals surface area (Å²) in [5.74, 6) is -0.263. The van der Waals surface area contributed by atoms with Gasteiger partial charge in [-0.05, 0) is 60.1 Å². The zero-order chi connectivity index (χ0) is 19.8. The van der Waals surface area contributed by atoms with E-state index in [1.165, 1.54) is 7.11 Å². The highest BCUT2D eigenvalue weighted by atomic mass is 127. The van der Waals surface area contributed by atoms with Crippen LogP contribution < -0.4 is 0 Å². The topological polar surface area (TPSA) is 89.9 Å². The summed E-state index contributed by atoms with van der Waals surface area (Å²) in [6.45, 7) is 1.67. The maximum atomic E-state index is 12.4. The maximum Gasteiger partial charge on any atom is 0.315 e. The molecule has 0 amide bonds. The molecule has 1 rings (SSSR count). The molecule has 0 bridgehead atoms. The number of carbonyl (C=O) groups is 1. The first-order chi connectivity index (χ1) is 12.1. The number of unbranched alkanes of at least 4 members (excludes halogenated alkanes) is 2. The first-order valence-electron chi connectivity index (χ1n) is 8.45. The van der Waals surface area contributed by atoms with Crippen LogP contribution in [0.1, 0.15) is 44.6 Å². The number of aliphatic hydroxyl groups excluding tert-OH is 1. The monoisotopic (exact) mass is 498 g/mol. The van der Waals surface area contributed by atoms with Gasteiger partial charge in [0.15, 0.2) is 0 Å². The zero-order valence-corrected chi connectivity index (χ0v) is 18.4. The molecule has 26 heavy (non-hydrogen) atoms. The molecule has 0 fully saturated rings. The van der Waals surface area contributed by atoms with Gasteiger partial charge in [-0.3, -0.25) is 8.98 Å². The normalized spacial score (nSPS) is 15.3. The van der Waals surface area contributed by atoms with Crippen molar-refractivity contribution in [2.45, 2.75) is 50.5 Å². The summed E-state index contributed by atoms with van der Waals surface area (Å²) in [5, 5.41) is 9.74. The van der Waals surface area contributed by atoms with Gasteiger partial charge in [-0.15, -0.1) is 0 Å². The minimum Gasteiger partial charge on any atom is -0.468 e. The van der Waals surface area contributed by atoms with Gasteiger partial charge >= 0.3 is 5.97 Å². The molecule has 1 aromatic rings. The average molecular weight is 498 g/mol. The van der Waals surface area contributed by atoms with Crippen molar-refractivity contribution in [1.29, 1.82) is 0 Å². The molecule has 1 aromatic carbocycles. The second kappa shape index (κ2) is 10.6. The van der Waals surface area contributed by atoms with Crippen LogP contribution in [0.3, 0.4) is 0 Å². The van der Waals surface area contributed by atoms with Crippen molar-refractivity contribution in [2.75, 3.05) is 20.0 Å². The van der Waals surface area contributed by atoms with Crippen LogP contribution >= 0.6 is 22.6 Å². The summed E-state index contributed by atoms with van der Waals surface area (Å²) in [4.78, 5) is 12.4. The minimum atomic E-state index is -3.53. The maximum absolute atomic E-state index is 12.4. The largest absolute Gasteiger partial charge is 0.468 e. The van der Waals surface area contributed by atoms with E-state index in [9.17, 15) is 18.3 Å². The molecule has 148 valence electrons. The molecule has 6 nitrogen and oxygen atoms in total. The third-order valence-corrected chi connectivity index (χ3v) is 5.52. The van der Waals surface area contributed by atoms with Crippen molar-refractivity contribution in [3.63, 3.8) is 0 Å². The number of benzene rings is 1. The number of esters is 1. The zero-order valence-electron chi connectivity index (χ0n) is 15.4. The van der Waals surface area contributed by atoms with Gasteiger partial charge in [0, 0.05) is 3.57 Å². The van der Waals surface area contributed by atoms with Gasteiger partial charge in [0.2, 0.25) is 0 Å². The van der Waals surface area contributed by atoms with E-state index in [1.807, 2.05) is 31.2 Å². The van der Waals surface area contributed by atoms with Crippen molar-refractivity contribution >= 4 is 38.7 Å². The number of hydrogen-bond donors (Lipinski definition) is 1. The van der Waals surface area contributed by atoms with E-state index < -0.39 is 21.6 Å². The minimum absolute atomic E-state index is 0.221. The molecule has 0 aliphatic heterocycles. The summed E-state index contributed by atoms with van der Waals surface area (Å²) < 4.78 is 32.4. The van der Waals surface area contributed by atoms with Crippen LogP contribution in [0.2, 0.25) is 0 Å². The molecule has 0 radical (unpaired) electrons. The molecular weight excluding hydrogens is 471 g/mol. The summed E-state index contributed by atoms with van der Waals surface area (Å²) in [5.41, 5.74) is 0.214. The number of ether oxygens (including phenoxy) is 1. The third kappa shape index (κ3) is 7.89. The van der Waals surface area contributed by atoms with E-state index in [0.29, 0.717) is 12.8 Å². The summed E-state index contributed by atoms with van der Waals surface area (Å²) in [6, 6.07) is 7.83. The molecule has 0 spiro atoms. The molecular formula is C18H27IO6S. The predicted octanol–water partition coefficient (Wildman–Crippen LogP) is 3.01. The lowest BCUT2D eigenvalue weighted by molar-refractivity contribution is -0.147. The van der Waals surface area contributed by atoms with Gasteiger partial charge in [0.05, 0.1) is 31.5 Å². The second-order valence-corrected chi connectivity index (χ2v) is 9.47. The Labute approximate surface area is 169 Å². The van der Waals surface area contributed by atoms with Gasteiger partial charge in [0.1, 0.15) is 0 Å². The van der Waals surface area contributed by atoms with E-state index in [2.05, 4.69) is 26.8 Å². The first kappa shape index (κ1) is 23.3. The van der Waals surface area contributed by atoms with Crippen molar-refractivity contribution in [3.05, 3.63) is 33.4 Å². The lowest BCUT2D eigenvalue weighted by Gasteiger charge is -2.27. The molecule has 0 aliphatic carbocycles. The van der Waals surface area contributed by atoms with E-state index >= 15 is 0 Å². The summed E-state index contributed by atoms with van der Waals surface area (Å²) >= 11 is 2.22. The van der Waals surface area contributed by atoms with Gasteiger partial charge in [-0.25, -0.2) is 0 Å². The standard InChI is InChI=1S/C18H27IO6S/c1-18(17(21)24-2,14-8-7-9-15(19)12-14)11-6-4-5-10-16(20)13-25-26(3,22)23/h7-9,12,16,20H,4-6,10-11,13H2,1-3H3. The number of rotatable bonds is 11. The summed E-state index contributed by atoms with van der Waals surface area (Å²) in [7, 11) is -2.14. The average Bonchev–Trinajstić information content (AvgIpc) is 2.58. The van der Waals surface area contributed by atoms with Gasteiger partial charge < -0.3 is 9.84 Å². The van der Waals surface area contributed by atoms with Crippen LogP contribution in [0.5, 0.6) is 0 Å². The summed E-state index contributed by atoms with van der Waals surface area (Å²) in [6.07, 6.45) is 3.55. The lowest BCUT2D eigenvalue weighted by atomic mass is 9.78. The smallest absolute Gasteiger partial charge is 0.315 e. The van der Waals surface area contributed by atoms with Crippen LogP contribution in [0.25, 0.3) is 0 Å². The Morgan fingerprint density at radius 3 is 2.58 bits per heavy atom. The van der Waals surface area contributed by atoms with E-state index in [0.717, 1.165) is 34.7 Å². The fraction of sp³-hybridized carbons (Fsp3) is 0.611. The van der Waals surface area contributed by atoms with Crippen LogP contribution in [0, 0.1) is 3.57 Å². The SMILES string of the molecule is COC(=O)C(C)(CCCCCC(O)COS(C)(=O)=O)c1cccc(I)c1. The fourth-order valence-corrected chi connectivity index (χ4v) is 3.69. The lowest BCUT2D eigenvalue weighted by Crippen LogP contribution is -2.34. The van der Waals surface area contributed by atoms with Crippen LogP contribution in [0.4, 0.5) is 0 Å². The quantitative estimate of drug-likeness (QED) is 0.218. The van der Waals surface area contributed by atoms with Crippen LogP contribution in [-0.4, -0.2) is 45.6 Å². The predicted molar refractivity (Wildman–Crippen MR) is 108 cm³/mol. The van der Waals surface area contributed by atoms with E-state index in [-0.39, 0.29) is 12.6 Å². The molecule has 2 unspecified atom stereocenters. The second-order valence-electron chi connectivity index (χ2n) is 6.58. The van der Waals surface area contributed by atoms with Gasteiger partial charge in [0.25, 0.3) is 10.1 Å². The number of carbonyl (C=O) groups excluding carboxylic acids is 1. The molecule has 0 saturated carbocycles. The van der Waals surface area contributed by atoms with E-state index in [1.54, 1.807) is 0 Å². The Morgan fingerprint density at radius 2 is 2.00 bits per heavy atom. The molecule has 0 aromatic heterocycles. The third-order valence-electron chi connectivity index (χ3n) is 4.29. The van der Waals surface area contributed by atoms with Crippen molar-refractivity contribution in [1.82, 2.24) is 0 Å². The van der Waals surface area contributed by atoms with Crippen molar-refractivity contribution in [2.24, 2.45) is 0 Å². The molecule has 0 heterocycles. The van der Waals surface area contributed by atoms with E-state index in [4.69, 9.17) is 4.74 Å². The highest BCUT2D eigenvalue weighted by Gasteiger charge is 2.35. The van der Waals surface area contributed by atoms with Gasteiger partial charge in [-0.1, -0.05) is 31.4 Å².